The lowest BCUT2D eigenvalue weighted by atomic mass is 9.96. The predicted octanol–water partition coefficient (Wildman–Crippen LogP) is 3.52. The number of benzene rings is 2. The van der Waals surface area contributed by atoms with Gasteiger partial charge in [0.2, 0.25) is 15.9 Å². The number of hydrogen-bond donors (Lipinski definition) is 2. The van der Waals surface area contributed by atoms with Gasteiger partial charge >= 0.3 is 0 Å². The quantitative estimate of drug-likeness (QED) is 0.579. The highest BCUT2D eigenvalue weighted by Gasteiger charge is 2.26. The SMILES string of the molecule is CC(C)Cc1ccc(C(C)C(=O)NC(=S)Nc2ccc(S(=O)(=O)N3CCOCC3)cc2)cc1. The third-order valence-corrected chi connectivity index (χ3v) is 7.59. The molecule has 1 aliphatic heterocycles. The smallest absolute Gasteiger partial charge is 0.243 e. The van der Waals surface area contributed by atoms with Crippen molar-refractivity contribution in [3.8, 4) is 0 Å². The average molecular weight is 490 g/mol. The van der Waals surface area contributed by atoms with Crippen LogP contribution in [0, 0.1) is 5.92 Å². The minimum absolute atomic E-state index is 0.159. The second-order valence-corrected chi connectivity index (χ2v) is 10.9. The summed E-state index contributed by atoms with van der Waals surface area (Å²) in [6.07, 6.45) is 1.00. The van der Waals surface area contributed by atoms with Crippen molar-refractivity contribution in [1.82, 2.24) is 9.62 Å². The molecule has 2 aromatic carbocycles. The van der Waals surface area contributed by atoms with Gasteiger partial charge in [-0.15, -0.1) is 0 Å². The molecule has 2 aromatic rings. The van der Waals surface area contributed by atoms with E-state index in [0.717, 1.165) is 12.0 Å². The van der Waals surface area contributed by atoms with Crippen LogP contribution in [0.3, 0.4) is 0 Å². The first-order valence-electron chi connectivity index (χ1n) is 11.1. The zero-order valence-corrected chi connectivity index (χ0v) is 20.8. The molecule has 1 heterocycles. The van der Waals surface area contributed by atoms with Crippen molar-refractivity contribution in [2.45, 2.75) is 38.0 Å². The van der Waals surface area contributed by atoms with Crippen LogP contribution in [0.15, 0.2) is 53.4 Å². The van der Waals surface area contributed by atoms with E-state index in [1.54, 1.807) is 12.1 Å². The average Bonchev–Trinajstić information content (AvgIpc) is 2.79. The third kappa shape index (κ3) is 6.83. The Kier molecular flexibility index (Phi) is 8.58. The maximum Gasteiger partial charge on any atom is 0.243 e. The Morgan fingerprint density at radius 2 is 1.64 bits per heavy atom. The van der Waals surface area contributed by atoms with E-state index in [-0.39, 0.29) is 21.8 Å². The Morgan fingerprint density at radius 3 is 2.21 bits per heavy atom. The summed E-state index contributed by atoms with van der Waals surface area (Å²) in [6.45, 7) is 7.67. The van der Waals surface area contributed by atoms with E-state index >= 15 is 0 Å². The van der Waals surface area contributed by atoms with Gasteiger partial charge in [0.15, 0.2) is 5.11 Å². The van der Waals surface area contributed by atoms with Crippen molar-refractivity contribution in [3.63, 3.8) is 0 Å². The van der Waals surface area contributed by atoms with Gasteiger partial charge in [0.1, 0.15) is 0 Å². The summed E-state index contributed by atoms with van der Waals surface area (Å²) in [4.78, 5) is 12.8. The number of carbonyl (C=O) groups is 1. The number of sulfonamides is 1. The molecule has 2 N–H and O–H groups in total. The molecule has 1 fully saturated rings. The standard InChI is InChI=1S/C24H31N3O4S2/c1-17(2)16-19-4-6-20(7-5-19)18(3)23(28)26-24(32)25-21-8-10-22(11-9-21)33(29,30)27-12-14-31-15-13-27/h4-11,17-18H,12-16H2,1-3H3,(H2,25,26,28,32). The van der Waals surface area contributed by atoms with Crippen LogP contribution in [0.2, 0.25) is 0 Å². The number of thiocarbonyl (C=S) groups is 1. The van der Waals surface area contributed by atoms with Crippen molar-refractivity contribution in [1.29, 1.82) is 0 Å². The number of hydrogen-bond acceptors (Lipinski definition) is 5. The summed E-state index contributed by atoms with van der Waals surface area (Å²) in [6, 6.07) is 14.4. The molecular formula is C24H31N3O4S2. The Bertz CT molecular complexity index is 1060. The molecule has 1 atom stereocenters. The van der Waals surface area contributed by atoms with Gasteiger partial charge in [-0.25, -0.2) is 8.42 Å². The number of rotatable bonds is 7. The Labute approximate surface area is 201 Å². The van der Waals surface area contributed by atoms with Gasteiger partial charge in [0.05, 0.1) is 24.0 Å². The minimum Gasteiger partial charge on any atom is -0.379 e. The number of morpholine rings is 1. The van der Waals surface area contributed by atoms with Crippen molar-refractivity contribution in [2.75, 3.05) is 31.6 Å². The molecule has 33 heavy (non-hydrogen) atoms. The second kappa shape index (κ2) is 11.2. The zero-order valence-electron chi connectivity index (χ0n) is 19.2. The highest BCUT2D eigenvalue weighted by molar-refractivity contribution is 7.89. The minimum atomic E-state index is -3.56. The molecule has 1 unspecified atom stereocenters. The fraction of sp³-hybridized carbons (Fsp3) is 0.417. The van der Waals surface area contributed by atoms with E-state index in [0.29, 0.717) is 37.9 Å². The molecule has 3 rings (SSSR count). The highest BCUT2D eigenvalue weighted by Crippen LogP contribution is 2.20. The lowest BCUT2D eigenvalue weighted by Crippen LogP contribution is -2.40. The van der Waals surface area contributed by atoms with E-state index in [9.17, 15) is 13.2 Å². The second-order valence-electron chi connectivity index (χ2n) is 8.55. The summed E-state index contributed by atoms with van der Waals surface area (Å²) >= 11 is 5.27. The van der Waals surface area contributed by atoms with E-state index in [4.69, 9.17) is 17.0 Å². The maximum atomic E-state index is 12.7. The molecule has 1 saturated heterocycles. The monoisotopic (exact) mass is 489 g/mol. The summed E-state index contributed by atoms with van der Waals surface area (Å²) in [5.74, 6) is 0.00285. The molecule has 0 spiro atoms. The fourth-order valence-electron chi connectivity index (χ4n) is 3.59. The van der Waals surface area contributed by atoms with Gasteiger partial charge in [0, 0.05) is 18.8 Å². The van der Waals surface area contributed by atoms with Crippen LogP contribution in [0.4, 0.5) is 5.69 Å². The Hall–Kier alpha value is -2.33. The fourth-order valence-corrected chi connectivity index (χ4v) is 5.22. The van der Waals surface area contributed by atoms with Crippen LogP contribution in [0.1, 0.15) is 37.8 Å². The van der Waals surface area contributed by atoms with Crippen LogP contribution in [0.25, 0.3) is 0 Å². The Balaban J connectivity index is 1.56. The van der Waals surface area contributed by atoms with Crippen LogP contribution in [-0.4, -0.2) is 50.0 Å². The zero-order chi connectivity index (χ0) is 24.0. The Morgan fingerprint density at radius 1 is 1.03 bits per heavy atom. The first kappa shape index (κ1) is 25.3. The number of ether oxygens (including phenoxy) is 1. The first-order valence-corrected chi connectivity index (χ1v) is 12.9. The molecule has 1 aliphatic rings. The third-order valence-electron chi connectivity index (χ3n) is 5.47. The lowest BCUT2D eigenvalue weighted by Gasteiger charge is -2.26. The normalized spacial score (nSPS) is 15.8. The summed E-state index contributed by atoms with van der Waals surface area (Å²) < 4.78 is 32.1. The van der Waals surface area contributed by atoms with Crippen LogP contribution in [0.5, 0.6) is 0 Å². The van der Waals surface area contributed by atoms with E-state index in [1.165, 1.54) is 22.0 Å². The van der Waals surface area contributed by atoms with Gasteiger partial charge in [-0.05, 0) is 66.9 Å². The van der Waals surface area contributed by atoms with Crippen LogP contribution >= 0.6 is 12.2 Å². The van der Waals surface area contributed by atoms with Crippen molar-refractivity contribution >= 4 is 38.9 Å². The van der Waals surface area contributed by atoms with Gasteiger partial charge < -0.3 is 15.4 Å². The number of carbonyl (C=O) groups excluding carboxylic acids is 1. The highest BCUT2D eigenvalue weighted by atomic mass is 32.2. The topological polar surface area (TPSA) is 87.7 Å². The number of anilines is 1. The number of nitrogens with zero attached hydrogens (tertiary/aromatic N) is 1. The summed E-state index contributed by atoms with van der Waals surface area (Å²) in [5.41, 5.74) is 2.75. The first-order chi connectivity index (χ1) is 15.7. The molecule has 1 amide bonds. The van der Waals surface area contributed by atoms with Gasteiger partial charge in [-0.1, -0.05) is 38.1 Å². The van der Waals surface area contributed by atoms with Gasteiger partial charge in [-0.2, -0.15) is 4.31 Å². The van der Waals surface area contributed by atoms with E-state index in [2.05, 4.69) is 36.6 Å². The molecule has 9 heteroatoms. The molecule has 0 aromatic heterocycles. The van der Waals surface area contributed by atoms with Gasteiger partial charge in [-0.3, -0.25) is 4.79 Å². The predicted molar refractivity (Wildman–Crippen MR) is 134 cm³/mol. The summed E-state index contributed by atoms with van der Waals surface area (Å²) in [7, 11) is -3.56. The number of nitrogens with one attached hydrogen (secondary N) is 2. The van der Waals surface area contributed by atoms with Crippen LogP contribution < -0.4 is 10.6 Å². The summed E-state index contributed by atoms with van der Waals surface area (Å²) in [5, 5.41) is 5.81. The molecule has 0 radical (unpaired) electrons. The van der Waals surface area contributed by atoms with E-state index < -0.39 is 10.0 Å². The molecule has 7 nitrogen and oxygen atoms in total. The molecule has 178 valence electrons. The van der Waals surface area contributed by atoms with Crippen molar-refractivity contribution in [2.24, 2.45) is 5.92 Å². The lowest BCUT2D eigenvalue weighted by molar-refractivity contribution is -0.120. The van der Waals surface area contributed by atoms with Crippen molar-refractivity contribution in [3.05, 3.63) is 59.7 Å². The molecular weight excluding hydrogens is 458 g/mol. The maximum absolute atomic E-state index is 12.7. The molecule has 0 aliphatic carbocycles. The van der Waals surface area contributed by atoms with Gasteiger partial charge in [0.25, 0.3) is 0 Å². The molecule has 0 bridgehead atoms. The van der Waals surface area contributed by atoms with E-state index in [1.807, 2.05) is 19.1 Å². The van der Waals surface area contributed by atoms with Crippen molar-refractivity contribution < 1.29 is 17.9 Å². The largest absolute Gasteiger partial charge is 0.379 e. The number of amides is 1. The van der Waals surface area contributed by atoms with Crippen LogP contribution in [-0.2, 0) is 26.0 Å². The molecule has 0 saturated carbocycles.